The van der Waals surface area contributed by atoms with Gasteiger partial charge in [-0.15, -0.1) is 0 Å². The molecule has 1 N–H and O–H groups in total. The fraction of sp³-hybridized carbons (Fsp3) is 0.943. The molecule has 0 amide bonds. The van der Waals surface area contributed by atoms with E-state index in [1.807, 2.05) is 0 Å². The maximum atomic E-state index is 12.4. The van der Waals surface area contributed by atoms with E-state index in [0.717, 1.165) is 38.5 Å². The second-order valence-corrected chi connectivity index (χ2v) is 18.7. The Hall–Kier alpha value is -0.111. The van der Waals surface area contributed by atoms with Gasteiger partial charge in [-0.05, 0) is 0 Å². The number of hydrogen-bond acceptors (Lipinski definition) is 6. The van der Waals surface area contributed by atoms with E-state index in [4.69, 9.17) is 14.0 Å². The van der Waals surface area contributed by atoms with Gasteiger partial charge in [-0.1, -0.05) is 123 Å². The van der Waals surface area contributed by atoms with Crippen LogP contribution in [0.25, 0.3) is 0 Å². The van der Waals surface area contributed by atoms with Crippen LogP contribution in [0, 0.1) is 0 Å². The predicted octanol–water partition coefficient (Wildman–Crippen LogP) is 10.7. The van der Waals surface area contributed by atoms with Crippen LogP contribution in [-0.2, 0) is 28.2 Å². The molecule has 0 aliphatic rings. The van der Waals surface area contributed by atoms with E-state index < -0.39 is 11.4 Å². The number of carbonyl (C=O) groups is 2. The first-order valence-electron chi connectivity index (χ1n) is 18.4. The molecule has 0 saturated carbocycles. The summed E-state index contributed by atoms with van der Waals surface area (Å²) in [4.78, 5) is 34.2. The van der Waals surface area contributed by atoms with Gasteiger partial charge < -0.3 is 0 Å². The molecule has 0 fully saturated rings. The van der Waals surface area contributed by atoms with Crippen LogP contribution in [0.1, 0.15) is 194 Å². The van der Waals surface area contributed by atoms with Gasteiger partial charge in [0.25, 0.3) is 0 Å². The molecule has 0 aliphatic heterocycles. The summed E-state index contributed by atoms with van der Waals surface area (Å²) >= 11 is 0.367. The van der Waals surface area contributed by atoms with Crippen LogP contribution in [0.3, 0.4) is 0 Å². The van der Waals surface area contributed by atoms with Crippen molar-refractivity contribution in [2.24, 2.45) is 0 Å². The summed E-state index contributed by atoms with van der Waals surface area (Å²) in [5, 5.41) is -3.65. The van der Waals surface area contributed by atoms with Crippen molar-refractivity contribution in [1.29, 1.82) is 0 Å². The molecule has 2 atom stereocenters. The van der Waals surface area contributed by atoms with Crippen LogP contribution < -0.4 is 0 Å². The van der Waals surface area contributed by atoms with E-state index in [9.17, 15) is 19.0 Å². The summed E-state index contributed by atoms with van der Waals surface area (Å²) in [6.07, 6.45) is 31.9. The number of esters is 2. The van der Waals surface area contributed by atoms with Crippen LogP contribution >= 0.6 is 5.25 Å². The summed E-state index contributed by atoms with van der Waals surface area (Å²) in [6.45, 7) is 4.09. The average molecular weight is 751 g/mol. The number of ether oxygens (including phenoxy) is 2. The fourth-order valence-corrected chi connectivity index (χ4v) is 6.38. The molecule has 0 aromatic heterocycles. The molecule has 0 heterocycles. The van der Waals surface area contributed by atoms with Gasteiger partial charge >= 0.3 is 162 Å². The van der Waals surface area contributed by atoms with E-state index >= 15 is 0 Å². The summed E-state index contributed by atoms with van der Waals surface area (Å²) < 4.78 is 27.4. The molecule has 1 unspecified atom stereocenters. The van der Waals surface area contributed by atoms with Crippen molar-refractivity contribution in [3.05, 3.63) is 0 Å². The molecule has 7 nitrogen and oxygen atoms in total. The van der Waals surface area contributed by atoms with Gasteiger partial charge in [0.2, 0.25) is 0 Å². The van der Waals surface area contributed by atoms with Crippen molar-refractivity contribution >= 4 is 39.2 Å². The number of rotatable bonds is 34. The van der Waals surface area contributed by atoms with Crippen LogP contribution in [0.4, 0.5) is 0 Å². The third-order valence-electron chi connectivity index (χ3n) is 8.13. The Morgan fingerprint density at radius 2 is 0.864 bits per heavy atom. The summed E-state index contributed by atoms with van der Waals surface area (Å²) in [7, 11) is 0. The smallest absolute Gasteiger partial charge is 0.0654 e. The van der Waals surface area contributed by atoms with Gasteiger partial charge in [0.1, 0.15) is 0 Å². The van der Waals surface area contributed by atoms with E-state index in [1.165, 1.54) is 128 Å². The zero-order valence-corrected chi connectivity index (χ0v) is 32.4. The molecule has 0 aliphatic carbocycles. The summed E-state index contributed by atoms with van der Waals surface area (Å²) in [5.74, 6) is -0.716. The van der Waals surface area contributed by atoms with Crippen molar-refractivity contribution in [1.82, 2.24) is 0 Å². The minimum Gasteiger partial charge on any atom is -0.0654 e. The quantitative estimate of drug-likeness (QED) is 0.0303. The van der Waals surface area contributed by atoms with E-state index in [1.54, 1.807) is 0 Å². The zero-order valence-electron chi connectivity index (χ0n) is 28.6. The minimum absolute atomic E-state index is 0.155. The number of unbranched alkanes of at least 4 members (excludes halogenated alkanes) is 24. The predicted molar refractivity (Wildman–Crippen MR) is 183 cm³/mol. The van der Waals surface area contributed by atoms with Crippen molar-refractivity contribution < 1.29 is 33.0 Å². The van der Waals surface area contributed by atoms with Gasteiger partial charge in [-0.3, -0.25) is 0 Å². The Labute approximate surface area is 284 Å². The monoisotopic (exact) mass is 751 g/mol. The SMILES string of the molecule is CCCCCCCCCCCCCCCC(=O)OC[C@H](CO[P](=O)(O)[Sn])OC(=O)CCCCCCCCCCCCCCC. The van der Waals surface area contributed by atoms with Gasteiger partial charge in [-0.25, -0.2) is 0 Å². The molecule has 0 rings (SSSR count). The minimum atomic E-state index is -3.65. The molecule has 0 aromatic carbocycles. The molecule has 9 heteroatoms. The van der Waals surface area contributed by atoms with Crippen molar-refractivity contribution in [2.45, 2.75) is 200 Å². The summed E-state index contributed by atoms with van der Waals surface area (Å²) in [6, 6.07) is 0. The van der Waals surface area contributed by atoms with Crippen LogP contribution in [0.2, 0.25) is 0 Å². The molecule has 259 valence electrons. The Bertz CT molecular complexity index is 701. The first-order valence-corrected chi connectivity index (χ1v) is 23.8. The maximum absolute atomic E-state index is 12.4. The zero-order chi connectivity index (χ0) is 32.6. The Kier molecular flexibility index (Phi) is 32.7. The molecular formula is C35H68O7PSn. The standard InChI is InChI=1S/C35H67O7P.Sn/c1-3-5-7-9-11-13-15-17-19-21-23-25-27-29-34(36)40-31-33(32-41-43(38)39)42-35(37)30-28-26-24-22-20-18-16-14-12-10-8-6-4-2;/h33H,3-32H2,1-2H3;/q;-1/p+1/t33-;/m1./s1. The topological polar surface area (TPSA) is 99.1 Å². The number of carbonyl (C=O) groups excluding carboxylic acids is 2. The molecule has 3 radical (unpaired) electrons. The van der Waals surface area contributed by atoms with Crippen LogP contribution in [0.15, 0.2) is 0 Å². The van der Waals surface area contributed by atoms with E-state index in [0.29, 0.717) is 28.4 Å². The Morgan fingerprint density at radius 3 is 1.20 bits per heavy atom. The molecule has 0 saturated heterocycles. The first-order chi connectivity index (χ1) is 21.3. The van der Waals surface area contributed by atoms with Crippen molar-refractivity contribution in [3.8, 4) is 0 Å². The average Bonchev–Trinajstić information content (AvgIpc) is 2.98. The third kappa shape index (κ3) is 34.8. The van der Waals surface area contributed by atoms with E-state index in [-0.39, 0.29) is 31.6 Å². The Morgan fingerprint density at radius 1 is 0.545 bits per heavy atom. The van der Waals surface area contributed by atoms with Crippen molar-refractivity contribution in [2.75, 3.05) is 13.2 Å². The normalized spacial score (nSPS) is 13.5. The molecule has 0 aromatic rings. The first kappa shape index (κ1) is 43.9. The fourth-order valence-electron chi connectivity index (χ4n) is 5.38. The second kappa shape index (κ2) is 32.8. The van der Waals surface area contributed by atoms with Gasteiger partial charge in [0, 0.05) is 0 Å². The summed E-state index contributed by atoms with van der Waals surface area (Å²) in [5.41, 5.74) is 0. The third-order valence-corrected chi connectivity index (χ3v) is 9.74. The van der Waals surface area contributed by atoms with Gasteiger partial charge in [0.05, 0.1) is 0 Å². The molecule has 0 spiro atoms. The molecule has 44 heavy (non-hydrogen) atoms. The van der Waals surface area contributed by atoms with Crippen molar-refractivity contribution in [3.63, 3.8) is 0 Å². The Balaban J connectivity index is 3.94. The molecular weight excluding hydrogens is 682 g/mol. The second-order valence-electron chi connectivity index (χ2n) is 12.6. The van der Waals surface area contributed by atoms with Gasteiger partial charge in [0.15, 0.2) is 0 Å². The molecule has 0 bridgehead atoms. The van der Waals surface area contributed by atoms with E-state index in [2.05, 4.69) is 13.8 Å². The van der Waals surface area contributed by atoms with Gasteiger partial charge in [-0.2, -0.15) is 0 Å². The number of hydrogen-bond donors (Lipinski definition) is 1. The van der Waals surface area contributed by atoms with Crippen LogP contribution in [0.5, 0.6) is 0 Å². The van der Waals surface area contributed by atoms with Crippen LogP contribution in [-0.4, -0.2) is 58.1 Å².